The molecule has 1 heterocycles. The number of benzene rings is 2. The standard InChI is InChI=1S/C25H28ClN3O5/c1-16-8-10-20(11-9-16)34-15-21(30)28(3)12-5-13-29-23(18-6-4-7-19(26)14-18)22(24(31)32)17(2)27-25(29)33/h4,6-11,14,23H,5,12-13,15H2,1-3H3,(H,27,33)(H,31,32). The number of aliphatic carboxylic acids is 1. The zero-order valence-electron chi connectivity index (χ0n) is 19.4. The number of carboxylic acids is 1. The summed E-state index contributed by atoms with van der Waals surface area (Å²) in [5, 5.41) is 12.9. The first-order chi connectivity index (χ1) is 16.2. The van der Waals surface area contributed by atoms with Gasteiger partial charge >= 0.3 is 12.0 Å². The first kappa shape index (κ1) is 25.1. The molecule has 0 saturated carbocycles. The van der Waals surface area contributed by atoms with Crippen LogP contribution in [0.1, 0.15) is 30.5 Å². The number of halogens is 1. The molecule has 1 atom stereocenters. The van der Waals surface area contributed by atoms with E-state index in [2.05, 4.69) is 5.32 Å². The number of nitrogens with zero attached hydrogens (tertiary/aromatic N) is 2. The Labute approximate surface area is 203 Å². The largest absolute Gasteiger partial charge is 0.484 e. The molecular weight excluding hydrogens is 458 g/mol. The van der Waals surface area contributed by atoms with E-state index in [1.807, 2.05) is 31.2 Å². The fourth-order valence-corrected chi connectivity index (χ4v) is 4.00. The summed E-state index contributed by atoms with van der Waals surface area (Å²) >= 11 is 6.14. The Bertz CT molecular complexity index is 1100. The van der Waals surface area contributed by atoms with Gasteiger partial charge in [-0.15, -0.1) is 0 Å². The molecule has 0 fully saturated rings. The molecule has 0 bridgehead atoms. The Hall–Kier alpha value is -3.52. The minimum Gasteiger partial charge on any atom is -0.484 e. The van der Waals surface area contributed by atoms with Crippen molar-refractivity contribution in [1.82, 2.24) is 15.1 Å². The highest BCUT2D eigenvalue weighted by atomic mass is 35.5. The van der Waals surface area contributed by atoms with Crippen LogP contribution in [0, 0.1) is 6.92 Å². The van der Waals surface area contributed by atoms with Crippen molar-refractivity contribution in [2.45, 2.75) is 26.3 Å². The van der Waals surface area contributed by atoms with Crippen molar-refractivity contribution in [3.8, 4) is 5.75 Å². The highest BCUT2D eigenvalue weighted by Crippen LogP contribution is 2.34. The smallest absolute Gasteiger partial charge is 0.335 e. The molecule has 34 heavy (non-hydrogen) atoms. The predicted octanol–water partition coefficient (Wildman–Crippen LogP) is 4.00. The maximum absolute atomic E-state index is 12.8. The van der Waals surface area contributed by atoms with Gasteiger partial charge in [-0.2, -0.15) is 0 Å². The molecule has 8 nitrogen and oxygen atoms in total. The fourth-order valence-electron chi connectivity index (χ4n) is 3.80. The van der Waals surface area contributed by atoms with Gasteiger partial charge in [0.2, 0.25) is 0 Å². The van der Waals surface area contributed by atoms with Crippen LogP contribution in [-0.2, 0) is 9.59 Å². The van der Waals surface area contributed by atoms with E-state index in [4.69, 9.17) is 16.3 Å². The molecule has 0 aliphatic carbocycles. The van der Waals surface area contributed by atoms with Gasteiger partial charge in [-0.05, 0) is 50.1 Å². The predicted molar refractivity (Wildman–Crippen MR) is 129 cm³/mol. The Kier molecular flexibility index (Phi) is 8.17. The lowest BCUT2D eigenvalue weighted by atomic mass is 9.93. The monoisotopic (exact) mass is 485 g/mol. The van der Waals surface area contributed by atoms with Crippen LogP contribution in [0.2, 0.25) is 5.02 Å². The molecule has 1 unspecified atom stereocenters. The second-order valence-corrected chi connectivity index (χ2v) is 8.63. The summed E-state index contributed by atoms with van der Waals surface area (Å²) in [4.78, 5) is 40.3. The van der Waals surface area contributed by atoms with Crippen LogP contribution in [0.15, 0.2) is 59.8 Å². The van der Waals surface area contributed by atoms with E-state index in [-0.39, 0.29) is 24.6 Å². The number of aryl methyl sites for hydroxylation is 1. The Morgan fingerprint density at radius 3 is 2.53 bits per heavy atom. The van der Waals surface area contributed by atoms with E-state index in [0.717, 1.165) is 5.56 Å². The van der Waals surface area contributed by atoms with Crippen LogP contribution < -0.4 is 10.1 Å². The minimum absolute atomic E-state index is 0.0813. The van der Waals surface area contributed by atoms with E-state index in [9.17, 15) is 19.5 Å². The van der Waals surface area contributed by atoms with Crippen LogP contribution in [0.5, 0.6) is 5.75 Å². The van der Waals surface area contributed by atoms with Gasteiger partial charge in [0.05, 0.1) is 11.6 Å². The van der Waals surface area contributed by atoms with Crippen molar-refractivity contribution in [3.05, 3.63) is 76.0 Å². The van der Waals surface area contributed by atoms with Gasteiger partial charge in [0.1, 0.15) is 5.75 Å². The molecule has 2 aromatic carbocycles. The first-order valence-electron chi connectivity index (χ1n) is 10.9. The number of rotatable bonds is 9. The number of likely N-dealkylation sites (N-methyl/N-ethyl adjacent to an activating group) is 1. The maximum Gasteiger partial charge on any atom is 0.335 e. The third-order valence-corrected chi connectivity index (χ3v) is 5.88. The summed E-state index contributed by atoms with van der Waals surface area (Å²) in [5.41, 5.74) is 2.08. The fraction of sp³-hybridized carbons (Fsp3) is 0.320. The maximum atomic E-state index is 12.8. The van der Waals surface area contributed by atoms with Crippen LogP contribution in [-0.4, -0.2) is 59.6 Å². The van der Waals surface area contributed by atoms with Crippen molar-refractivity contribution in [1.29, 1.82) is 0 Å². The van der Waals surface area contributed by atoms with Crippen molar-refractivity contribution in [2.75, 3.05) is 26.7 Å². The molecule has 0 spiro atoms. The second kappa shape index (κ2) is 11.1. The Morgan fingerprint density at radius 2 is 1.88 bits per heavy atom. The average Bonchev–Trinajstić information content (AvgIpc) is 2.79. The summed E-state index contributed by atoms with van der Waals surface area (Å²) < 4.78 is 5.55. The second-order valence-electron chi connectivity index (χ2n) is 8.20. The van der Waals surface area contributed by atoms with E-state index < -0.39 is 18.0 Å². The quantitative estimate of drug-likeness (QED) is 0.559. The van der Waals surface area contributed by atoms with E-state index in [0.29, 0.717) is 35.0 Å². The lowest BCUT2D eigenvalue weighted by Crippen LogP contribution is -2.49. The molecule has 1 aliphatic rings. The summed E-state index contributed by atoms with van der Waals surface area (Å²) in [7, 11) is 1.66. The molecule has 9 heteroatoms. The molecule has 1 aliphatic heterocycles. The number of carbonyl (C=O) groups is 3. The molecule has 3 rings (SSSR count). The van der Waals surface area contributed by atoms with E-state index >= 15 is 0 Å². The molecule has 0 saturated heterocycles. The number of hydrogen-bond donors (Lipinski definition) is 2. The first-order valence-corrected chi connectivity index (χ1v) is 11.3. The number of urea groups is 1. The number of allylic oxidation sites excluding steroid dienone is 1. The van der Waals surface area contributed by atoms with Crippen molar-refractivity contribution >= 4 is 29.5 Å². The van der Waals surface area contributed by atoms with Crippen molar-refractivity contribution in [3.63, 3.8) is 0 Å². The molecular formula is C25H28ClN3O5. The van der Waals surface area contributed by atoms with Crippen LogP contribution in [0.3, 0.4) is 0 Å². The van der Waals surface area contributed by atoms with Gasteiger partial charge in [-0.1, -0.05) is 41.4 Å². The van der Waals surface area contributed by atoms with Crippen LogP contribution >= 0.6 is 11.6 Å². The lowest BCUT2D eigenvalue weighted by molar-refractivity contribution is -0.133. The number of carboxylic acid groups (broad SMARTS) is 1. The van der Waals surface area contributed by atoms with Gasteiger partial charge in [-0.25, -0.2) is 9.59 Å². The van der Waals surface area contributed by atoms with E-state index in [1.165, 1.54) is 9.80 Å². The van der Waals surface area contributed by atoms with Gasteiger partial charge in [0.15, 0.2) is 6.61 Å². The van der Waals surface area contributed by atoms with Gasteiger partial charge < -0.3 is 25.0 Å². The highest BCUT2D eigenvalue weighted by molar-refractivity contribution is 6.30. The average molecular weight is 486 g/mol. The third-order valence-electron chi connectivity index (χ3n) is 5.64. The number of amides is 3. The Morgan fingerprint density at radius 1 is 1.18 bits per heavy atom. The number of carbonyl (C=O) groups excluding carboxylic acids is 2. The third kappa shape index (κ3) is 6.08. The summed E-state index contributed by atoms with van der Waals surface area (Å²) in [5.74, 6) is -0.699. The van der Waals surface area contributed by atoms with Gasteiger partial charge in [0, 0.05) is 30.9 Å². The van der Waals surface area contributed by atoms with Crippen LogP contribution in [0.25, 0.3) is 0 Å². The summed E-state index contributed by atoms with van der Waals surface area (Å²) in [6.07, 6.45) is 0.448. The highest BCUT2D eigenvalue weighted by Gasteiger charge is 2.37. The molecule has 0 aromatic heterocycles. The molecule has 3 amide bonds. The lowest BCUT2D eigenvalue weighted by Gasteiger charge is -2.37. The SMILES string of the molecule is CC1=C(C(=O)O)C(c2cccc(Cl)c2)N(CCCN(C)C(=O)COc2ccc(C)cc2)C(=O)N1. The molecule has 2 aromatic rings. The number of nitrogens with one attached hydrogen (secondary N) is 1. The zero-order valence-corrected chi connectivity index (χ0v) is 20.1. The van der Waals surface area contributed by atoms with Gasteiger partial charge in [0.25, 0.3) is 5.91 Å². The van der Waals surface area contributed by atoms with E-state index in [1.54, 1.807) is 38.2 Å². The molecule has 2 N–H and O–H groups in total. The van der Waals surface area contributed by atoms with Crippen LogP contribution in [0.4, 0.5) is 4.79 Å². The Balaban J connectivity index is 1.65. The minimum atomic E-state index is -1.12. The summed E-state index contributed by atoms with van der Waals surface area (Å²) in [6, 6.07) is 13.1. The normalized spacial score (nSPS) is 15.7. The zero-order chi connectivity index (χ0) is 24.8. The molecule has 180 valence electrons. The topological polar surface area (TPSA) is 99.2 Å². The number of hydrogen-bond acceptors (Lipinski definition) is 4. The molecule has 0 radical (unpaired) electrons. The van der Waals surface area contributed by atoms with Crippen molar-refractivity contribution < 1.29 is 24.2 Å². The van der Waals surface area contributed by atoms with Crippen molar-refractivity contribution in [2.24, 2.45) is 0 Å². The van der Waals surface area contributed by atoms with Gasteiger partial charge in [-0.3, -0.25) is 4.79 Å². The number of ether oxygens (including phenoxy) is 1. The summed E-state index contributed by atoms with van der Waals surface area (Å²) in [6.45, 7) is 4.05.